The highest BCUT2D eigenvalue weighted by Gasteiger charge is 2.47. The predicted molar refractivity (Wildman–Crippen MR) is 149 cm³/mol. The molecule has 2 aliphatic heterocycles. The number of likely N-dealkylation sites (tertiary alicyclic amines) is 1. The maximum atomic E-state index is 10.9. The fourth-order valence-corrected chi connectivity index (χ4v) is 5.10. The van der Waals surface area contributed by atoms with Crippen LogP contribution in [0.2, 0.25) is 0 Å². The second-order valence-corrected chi connectivity index (χ2v) is 10.1. The maximum absolute atomic E-state index is 10.9. The van der Waals surface area contributed by atoms with E-state index >= 15 is 0 Å². The molecule has 5 N–H and O–H groups in total. The fourth-order valence-electron chi connectivity index (χ4n) is 5.10. The minimum atomic E-state index is -1.26. The first-order chi connectivity index (χ1) is 19.9. The summed E-state index contributed by atoms with van der Waals surface area (Å²) in [5, 5.41) is 39.4. The first kappa shape index (κ1) is 30.6. The zero-order valence-corrected chi connectivity index (χ0v) is 23.8. The zero-order chi connectivity index (χ0) is 29.4. The van der Waals surface area contributed by atoms with Crippen LogP contribution in [0, 0.1) is 0 Å². The second kappa shape index (κ2) is 14.5. The monoisotopic (exact) mass is 575 g/mol. The largest absolute Gasteiger partial charge is 0.483 e. The number of ether oxygens (including phenoxy) is 1. The second-order valence-electron chi connectivity index (χ2n) is 10.1. The Morgan fingerprint density at radius 2 is 1.83 bits per heavy atom. The molecule has 2 aliphatic rings. The molecule has 0 amide bonds. The summed E-state index contributed by atoms with van der Waals surface area (Å²) in [4.78, 5) is 29.2. The molecule has 15 nitrogen and oxygen atoms in total. The van der Waals surface area contributed by atoms with Gasteiger partial charge in [-0.05, 0) is 38.8 Å². The molecule has 5 rings (SSSR count). The van der Waals surface area contributed by atoms with Crippen LogP contribution in [0.3, 0.4) is 0 Å². The first-order valence-electron chi connectivity index (χ1n) is 14.3. The van der Waals surface area contributed by atoms with Crippen molar-refractivity contribution in [1.29, 1.82) is 0 Å². The molecular weight excluding hydrogens is 534 g/mol. The van der Waals surface area contributed by atoms with Crippen molar-refractivity contribution in [2.75, 3.05) is 36.8 Å². The Morgan fingerprint density at radius 1 is 1.10 bits per heavy atom. The minimum Gasteiger partial charge on any atom is -0.483 e. The first-order valence-corrected chi connectivity index (χ1v) is 14.3. The lowest BCUT2D eigenvalue weighted by atomic mass is 10.1. The topological polar surface area (TPSA) is 197 Å². The summed E-state index contributed by atoms with van der Waals surface area (Å²) < 4.78 is 13.0. The summed E-state index contributed by atoms with van der Waals surface area (Å²) in [5.41, 5.74) is 1.06. The van der Waals surface area contributed by atoms with E-state index < -0.39 is 24.5 Å². The SMILES string of the molecule is CCc1noc([C@H]2O[C@@H](n3cnc4c(NC(CC)CC)nc(NCCN5CCCCC5)nc43)[C@H](O)[C@@H]2O)n1.O=CO. The number of piperidine rings is 1. The average molecular weight is 576 g/mol. The molecule has 15 heteroatoms. The smallest absolute Gasteiger partial charge is 0.290 e. The summed E-state index contributed by atoms with van der Waals surface area (Å²) >= 11 is 0. The van der Waals surface area contributed by atoms with Crippen molar-refractivity contribution in [3.63, 3.8) is 0 Å². The number of imidazole rings is 1. The molecule has 0 aliphatic carbocycles. The van der Waals surface area contributed by atoms with Crippen LogP contribution in [-0.2, 0) is 16.0 Å². The van der Waals surface area contributed by atoms with Crippen LogP contribution < -0.4 is 10.6 Å². The number of aliphatic hydroxyl groups excluding tert-OH is 2. The Morgan fingerprint density at radius 3 is 2.49 bits per heavy atom. The van der Waals surface area contributed by atoms with Crippen LogP contribution in [-0.4, -0.2) is 101 Å². The number of rotatable bonds is 11. The number of aromatic nitrogens is 6. The normalized spacial score (nSPS) is 23.0. The van der Waals surface area contributed by atoms with Gasteiger partial charge in [0.05, 0.1) is 6.33 Å². The van der Waals surface area contributed by atoms with Crippen molar-refractivity contribution in [3.8, 4) is 0 Å². The third-order valence-corrected chi connectivity index (χ3v) is 7.46. The summed E-state index contributed by atoms with van der Waals surface area (Å²) in [6, 6.07) is 0.226. The van der Waals surface area contributed by atoms with E-state index in [-0.39, 0.29) is 18.4 Å². The summed E-state index contributed by atoms with van der Waals surface area (Å²) in [5.74, 6) is 1.73. The van der Waals surface area contributed by atoms with Crippen molar-refractivity contribution in [2.24, 2.45) is 0 Å². The van der Waals surface area contributed by atoms with Crippen molar-refractivity contribution in [3.05, 3.63) is 18.0 Å². The Bertz CT molecular complexity index is 1240. The van der Waals surface area contributed by atoms with Crippen LogP contribution in [0.4, 0.5) is 11.8 Å². The molecule has 0 bridgehead atoms. The highest BCUT2D eigenvalue weighted by atomic mass is 16.6. The third-order valence-electron chi connectivity index (χ3n) is 7.46. The van der Waals surface area contributed by atoms with Gasteiger partial charge in [0.2, 0.25) is 5.95 Å². The molecule has 0 saturated carbocycles. The molecule has 41 heavy (non-hydrogen) atoms. The number of fused-ring (bicyclic) bond motifs is 1. The van der Waals surface area contributed by atoms with Gasteiger partial charge in [-0.25, -0.2) is 4.98 Å². The molecule has 0 aromatic carbocycles. The number of carboxylic acid groups (broad SMARTS) is 1. The maximum Gasteiger partial charge on any atom is 0.290 e. The zero-order valence-electron chi connectivity index (χ0n) is 23.8. The van der Waals surface area contributed by atoms with Gasteiger partial charge in [-0.15, -0.1) is 0 Å². The molecule has 2 saturated heterocycles. The van der Waals surface area contributed by atoms with E-state index in [1.165, 1.54) is 19.3 Å². The van der Waals surface area contributed by atoms with E-state index in [0.717, 1.165) is 32.5 Å². The molecular formula is C26H41N9O6. The van der Waals surface area contributed by atoms with E-state index in [1.807, 2.05) is 6.92 Å². The number of nitrogens with one attached hydrogen (secondary N) is 2. The highest BCUT2D eigenvalue weighted by Crippen LogP contribution is 2.39. The molecule has 5 heterocycles. The molecule has 0 spiro atoms. The number of nitrogens with zero attached hydrogens (tertiary/aromatic N) is 7. The Labute approximate surface area is 238 Å². The molecule has 3 aromatic rings. The van der Waals surface area contributed by atoms with Crippen molar-refractivity contribution in [2.45, 2.75) is 89.9 Å². The summed E-state index contributed by atoms with van der Waals surface area (Å²) in [6.07, 6.45) is 3.37. The highest BCUT2D eigenvalue weighted by molar-refractivity contribution is 5.84. The van der Waals surface area contributed by atoms with Gasteiger partial charge in [0.1, 0.15) is 12.2 Å². The summed E-state index contributed by atoms with van der Waals surface area (Å²) in [6.45, 7) is 9.78. The van der Waals surface area contributed by atoms with Crippen molar-refractivity contribution in [1.82, 2.24) is 34.6 Å². The molecule has 0 radical (unpaired) electrons. The number of carbonyl (C=O) groups is 1. The number of anilines is 2. The van der Waals surface area contributed by atoms with E-state index in [2.05, 4.69) is 44.5 Å². The Kier molecular flexibility index (Phi) is 10.8. The van der Waals surface area contributed by atoms with Crippen molar-refractivity contribution >= 4 is 29.4 Å². The molecule has 2 fully saturated rings. The summed E-state index contributed by atoms with van der Waals surface area (Å²) in [7, 11) is 0. The van der Waals surface area contributed by atoms with Crippen LogP contribution in [0.5, 0.6) is 0 Å². The van der Waals surface area contributed by atoms with E-state index in [9.17, 15) is 10.2 Å². The standard InChI is InChI=1S/C25H39N9O4.CH2O2/c1-4-15(5-2)28-21-17-22(31-25(30-21)26-10-13-33-11-8-7-9-12-33)34(14-27-17)24-19(36)18(35)20(37-24)23-29-16(6-3)32-38-23;2-1-3/h14-15,18-20,24,35-36H,4-13H2,1-3H3,(H2,26,28,30,31);1H,(H,2,3)/t18-,19+,20-,24+;/m0./s1. The lowest BCUT2D eigenvalue weighted by molar-refractivity contribution is -0.122. The van der Waals surface area contributed by atoms with Crippen LogP contribution in [0.1, 0.15) is 76.9 Å². The van der Waals surface area contributed by atoms with Gasteiger partial charge in [-0.3, -0.25) is 9.36 Å². The number of hydrogen-bond donors (Lipinski definition) is 5. The predicted octanol–water partition coefficient (Wildman–Crippen LogP) is 1.96. The van der Waals surface area contributed by atoms with Crippen LogP contribution >= 0.6 is 0 Å². The number of aliphatic hydroxyl groups is 2. The van der Waals surface area contributed by atoms with E-state index in [4.69, 9.17) is 29.1 Å². The average Bonchev–Trinajstić information content (AvgIpc) is 3.71. The molecule has 4 atom stereocenters. The quantitative estimate of drug-likeness (QED) is 0.208. The van der Waals surface area contributed by atoms with Gasteiger partial charge < -0.3 is 40.1 Å². The van der Waals surface area contributed by atoms with E-state index in [1.54, 1.807) is 10.9 Å². The Balaban J connectivity index is 0.00000124. The van der Waals surface area contributed by atoms with Crippen molar-refractivity contribution < 1.29 is 29.4 Å². The van der Waals surface area contributed by atoms with Gasteiger partial charge in [-0.1, -0.05) is 32.3 Å². The van der Waals surface area contributed by atoms with Crippen LogP contribution in [0.25, 0.3) is 11.2 Å². The molecule has 226 valence electrons. The molecule has 0 unspecified atom stereocenters. The Hall–Kier alpha value is -3.40. The third kappa shape index (κ3) is 7.09. The van der Waals surface area contributed by atoms with E-state index in [0.29, 0.717) is 41.7 Å². The lowest BCUT2D eigenvalue weighted by Gasteiger charge is -2.26. The van der Waals surface area contributed by atoms with Crippen LogP contribution in [0.15, 0.2) is 10.9 Å². The minimum absolute atomic E-state index is 0.131. The number of hydrogen-bond acceptors (Lipinski definition) is 13. The van der Waals surface area contributed by atoms with Gasteiger partial charge in [0.15, 0.2) is 35.1 Å². The van der Waals surface area contributed by atoms with Gasteiger partial charge in [-0.2, -0.15) is 15.0 Å². The lowest BCUT2D eigenvalue weighted by Crippen LogP contribution is -2.34. The fraction of sp³-hybridized carbons (Fsp3) is 0.692. The number of aryl methyl sites for hydroxylation is 1. The van der Waals surface area contributed by atoms with Gasteiger partial charge in [0, 0.05) is 25.6 Å². The van der Waals surface area contributed by atoms with Gasteiger partial charge in [0.25, 0.3) is 12.4 Å². The molecule has 3 aromatic heterocycles. The van der Waals surface area contributed by atoms with Gasteiger partial charge >= 0.3 is 0 Å².